The van der Waals surface area contributed by atoms with Crippen LogP contribution in [-0.4, -0.2) is 68.1 Å². The van der Waals surface area contributed by atoms with E-state index >= 15 is 0 Å². The Morgan fingerprint density at radius 1 is 0.923 bits per heavy atom. The molecule has 0 aliphatic carbocycles. The second kappa shape index (κ2) is 15.2. The summed E-state index contributed by atoms with van der Waals surface area (Å²) in [7, 11) is -3.51. The third-order valence-electron chi connectivity index (χ3n) is 6.60. The normalized spacial score (nSPS) is 14.8. The van der Waals surface area contributed by atoms with Crippen molar-refractivity contribution in [3.8, 4) is 0 Å². The summed E-state index contributed by atoms with van der Waals surface area (Å²) in [5, 5.41) is 2.71. The minimum Gasteiger partial charge on any atom is -0.461 e. The van der Waals surface area contributed by atoms with Gasteiger partial charge in [0, 0.05) is 38.6 Å². The van der Waals surface area contributed by atoms with E-state index in [2.05, 4.69) is 11.9 Å². The third kappa shape index (κ3) is 9.96. The van der Waals surface area contributed by atoms with Crippen molar-refractivity contribution in [3.63, 3.8) is 0 Å². The number of nitrogens with zero attached hydrogens (tertiary/aromatic N) is 2. The number of hydrogen-bond acceptors (Lipinski definition) is 6. The summed E-state index contributed by atoms with van der Waals surface area (Å²) in [6.45, 7) is 4.94. The highest BCUT2D eigenvalue weighted by Gasteiger charge is 2.32. The molecule has 0 unspecified atom stereocenters. The molecule has 0 saturated carbocycles. The van der Waals surface area contributed by atoms with E-state index in [1.807, 2.05) is 36.4 Å². The van der Waals surface area contributed by atoms with E-state index < -0.39 is 21.9 Å². The molecule has 2 aromatic carbocycles. The molecule has 1 aliphatic heterocycles. The Balaban J connectivity index is 1.55. The Kier molecular flexibility index (Phi) is 11.7. The summed E-state index contributed by atoms with van der Waals surface area (Å²) in [4.78, 5) is 39.1. The molecule has 3 rings (SSSR count). The van der Waals surface area contributed by atoms with Crippen LogP contribution in [0.3, 0.4) is 0 Å². The van der Waals surface area contributed by atoms with E-state index in [0.717, 1.165) is 11.1 Å². The highest BCUT2D eigenvalue weighted by molar-refractivity contribution is 7.88. The lowest BCUT2D eigenvalue weighted by atomic mass is 9.96. The van der Waals surface area contributed by atoms with Crippen LogP contribution in [0.2, 0.25) is 0 Å². The fourth-order valence-corrected chi connectivity index (χ4v) is 5.95. The minimum atomic E-state index is -3.51. The first kappa shape index (κ1) is 30.0. The van der Waals surface area contributed by atoms with Crippen LogP contribution in [0.4, 0.5) is 0 Å². The summed E-state index contributed by atoms with van der Waals surface area (Å²) in [5.74, 6) is -1.56. The fourth-order valence-electron chi connectivity index (χ4n) is 4.43. The second-order valence-corrected chi connectivity index (χ2v) is 11.5. The van der Waals surface area contributed by atoms with Gasteiger partial charge in [0.15, 0.2) is 0 Å². The van der Waals surface area contributed by atoms with Crippen LogP contribution in [0.1, 0.15) is 36.8 Å². The molecule has 1 saturated heterocycles. The number of piperazine rings is 1. The van der Waals surface area contributed by atoms with E-state index in [1.165, 1.54) is 10.4 Å². The maximum absolute atomic E-state index is 13.4. The van der Waals surface area contributed by atoms with Crippen LogP contribution < -0.4 is 5.32 Å². The van der Waals surface area contributed by atoms with Gasteiger partial charge in [0.1, 0.15) is 6.61 Å². The van der Waals surface area contributed by atoms with Crippen molar-refractivity contribution < 1.29 is 27.5 Å². The molecule has 10 heteroatoms. The summed E-state index contributed by atoms with van der Waals surface area (Å²) in [6, 6.07) is 18.3. The predicted molar refractivity (Wildman–Crippen MR) is 149 cm³/mol. The van der Waals surface area contributed by atoms with Gasteiger partial charge in [-0.1, -0.05) is 73.7 Å². The number of hydrogen-bond donors (Lipinski definition) is 1. The van der Waals surface area contributed by atoms with Gasteiger partial charge in [-0.3, -0.25) is 14.4 Å². The number of carbonyl (C=O) groups is 3. The number of esters is 1. The molecule has 2 aromatic rings. The highest BCUT2D eigenvalue weighted by atomic mass is 32.2. The zero-order valence-electron chi connectivity index (χ0n) is 22.2. The van der Waals surface area contributed by atoms with E-state index in [-0.39, 0.29) is 56.8 Å². The van der Waals surface area contributed by atoms with E-state index in [1.54, 1.807) is 29.2 Å². The number of amides is 2. The average Bonchev–Trinajstić information content (AvgIpc) is 2.95. The second-order valence-electron chi connectivity index (χ2n) is 9.50. The number of ether oxygens (including phenoxy) is 1. The number of benzene rings is 2. The molecule has 1 fully saturated rings. The van der Waals surface area contributed by atoms with E-state index in [9.17, 15) is 22.8 Å². The smallest absolute Gasteiger partial charge is 0.306 e. The molecular weight excluding hydrogens is 518 g/mol. The lowest BCUT2D eigenvalue weighted by molar-refractivity contribution is -0.150. The van der Waals surface area contributed by atoms with Crippen LogP contribution in [-0.2, 0) is 41.5 Å². The number of nitrogens with one attached hydrogen (secondary N) is 1. The van der Waals surface area contributed by atoms with Crippen molar-refractivity contribution in [2.24, 2.45) is 5.92 Å². The summed E-state index contributed by atoms with van der Waals surface area (Å²) in [6.07, 6.45) is 2.88. The number of unbranched alkanes of at least 4 members (excludes halogenated alkanes) is 1. The van der Waals surface area contributed by atoms with E-state index in [4.69, 9.17) is 4.74 Å². The van der Waals surface area contributed by atoms with Crippen molar-refractivity contribution in [3.05, 3.63) is 84.4 Å². The first-order valence-electron chi connectivity index (χ1n) is 13.2. The van der Waals surface area contributed by atoms with Gasteiger partial charge in [-0.15, -0.1) is 0 Å². The van der Waals surface area contributed by atoms with Crippen molar-refractivity contribution in [1.29, 1.82) is 0 Å². The Morgan fingerprint density at radius 2 is 1.54 bits per heavy atom. The molecular formula is C29H37N3O6S. The largest absolute Gasteiger partial charge is 0.461 e. The fraction of sp³-hybridized carbons (Fsp3) is 0.414. The zero-order chi connectivity index (χ0) is 28.1. The first-order chi connectivity index (χ1) is 18.8. The summed E-state index contributed by atoms with van der Waals surface area (Å²) >= 11 is 0. The number of rotatable bonds is 14. The lowest BCUT2D eigenvalue weighted by Gasteiger charge is -2.35. The van der Waals surface area contributed by atoms with Crippen molar-refractivity contribution in [2.45, 2.75) is 38.0 Å². The summed E-state index contributed by atoms with van der Waals surface area (Å²) in [5.41, 5.74) is 1.58. The monoisotopic (exact) mass is 555 g/mol. The average molecular weight is 556 g/mol. The van der Waals surface area contributed by atoms with Crippen LogP contribution in [0.25, 0.3) is 0 Å². The first-order valence-corrected chi connectivity index (χ1v) is 14.8. The van der Waals surface area contributed by atoms with Crippen LogP contribution >= 0.6 is 0 Å². The molecule has 2 amide bonds. The number of sulfonamides is 1. The quantitative estimate of drug-likeness (QED) is 0.218. The Morgan fingerprint density at radius 3 is 2.15 bits per heavy atom. The highest BCUT2D eigenvalue weighted by Crippen LogP contribution is 2.20. The molecule has 1 atom stereocenters. The molecule has 0 aromatic heterocycles. The van der Waals surface area contributed by atoms with Gasteiger partial charge in [-0.05, 0) is 30.0 Å². The molecule has 39 heavy (non-hydrogen) atoms. The van der Waals surface area contributed by atoms with Gasteiger partial charge in [-0.2, -0.15) is 4.31 Å². The van der Waals surface area contributed by atoms with Gasteiger partial charge < -0.3 is 15.0 Å². The molecule has 0 spiro atoms. The van der Waals surface area contributed by atoms with E-state index in [0.29, 0.717) is 25.8 Å². The SMILES string of the molecule is C=CC(=O)NCCCC[C@H](CC(=O)OCc1ccccc1)C(=O)N1CCN(S(=O)(=O)Cc2ccccc2)CC1. The van der Waals surface area contributed by atoms with Crippen molar-refractivity contribution in [2.75, 3.05) is 32.7 Å². The standard InChI is InChI=1S/C29H37N3O6S/c1-2-27(33)30-16-10-9-15-26(21-28(34)38-22-24-11-5-3-6-12-24)29(35)31-17-19-32(20-18-31)39(36,37)23-25-13-7-4-8-14-25/h2-8,11-14,26H,1,9-10,15-23H2,(H,30,33)/t26-/m1/s1. The predicted octanol–water partition coefficient (Wildman–Crippen LogP) is 2.88. The molecule has 1 heterocycles. The molecule has 1 aliphatic rings. The van der Waals surface area contributed by atoms with Gasteiger partial charge >= 0.3 is 5.97 Å². The van der Waals surface area contributed by atoms with Gasteiger partial charge in [0.25, 0.3) is 0 Å². The molecule has 9 nitrogen and oxygen atoms in total. The van der Waals surface area contributed by atoms with Gasteiger partial charge in [-0.25, -0.2) is 8.42 Å². The minimum absolute atomic E-state index is 0.0583. The topological polar surface area (TPSA) is 113 Å². The number of carbonyl (C=O) groups excluding carboxylic acids is 3. The van der Waals surface area contributed by atoms with Crippen molar-refractivity contribution >= 4 is 27.8 Å². The third-order valence-corrected chi connectivity index (χ3v) is 8.45. The maximum atomic E-state index is 13.4. The molecule has 0 bridgehead atoms. The maximum Gasteiger partial charge on any atom is 0.306 e. The van der Waals surface area contributed by atoms with Gasteiger partial charge in [0.05, 0.1) is 12.2 Å². The molecule has 0 radical (unpaired) electrons. The zero-order valence-corrected chi connectivity index (χ0v) is 23.0. The van der Waals surface area contributed by atoms with Crippen LogP contribution in [0.15, 0.2) is 73.3 Å². The van der Waals surface area contributed by atoms with Crippen LogP contribution in [0.5, 0.6) is 0 Å². The van der Waals surface area contributed by atoms with Crippen molar-refractivity contribution in [1.82, 2.24) is 14.5 Å². The lowest BCUT2D eigenvalue weighted by Crippen LogP contribution is -2.52. The Bertz CT molecular complexity index is 1200. The molecule has 210 valence electrons. The Hall–Kier alpha value is -3.50. The van der Waals surface area contributed by atoms with Crippen LogP contribution in [0, 0.1) is 5.92 Å². The molecule has 1 N–H and O–H groups in total. The Labute approximate surface area is 230 Å². The van der Waals surface area contributed by atoms with Gasteiger partial charge in [0.2, 0.25) is 21.8 Å². The summed E-state index contributed by atoms with van der Waals surface area (Å²) < 4.78 is 32.6.